The SMILES string of the molecule is CC(=O)OC/C1=C2\C(=O)O[C@H](C/C(C)=C/CC1)[C@H]2C(C)CCC=C(C)C. The fourth-order valence-electron chi connectivity index (χ4n) is 3.98. The minimum Gasteiger partial charge on any atom is -0.461 e. The van der Waals surface area contributed by atoms with E-state index in [1.165, 1.54) is 18.1 Å². The molecule has 26 heavy (non-hydrogen) atoms. The van der Waals surface area contributed by atoms with Crippen molar-refractivity contribution in [1.82, 2.24) is 0 Å². The van der Waals surface area contributed by atoms with Gasteiger partial charge in [-0.25, -0.2) is 4.79 Å². The van der Waals surface area contributed by atoms with E-state index in [4.69, 9.17) is 9.47 Å². The Labute approximate surface area is 157 Å². The number of hydrogen-bond acceptors (Lipinski definition) is 4. The molecule has 0 spiro atoms. The Kier molecular flexibility index (Phi) is 7.24. The molecule has 3 atom stereocenters. The number of carbonyl (C=O) groups is 2. The molecule has 0 radical (unpaired) electrons. The minimum absolute atomic E-state index is 0.0695. The van der Waals surface area contributed by atoms with Crippen LogP contribution in [0.1, 0.15) is 66.7 Å². The van der Waals surface area contributed by atoms with Crippen LogP contribution in [0.3, 0.4) is 0 Å². The third-order valence-electron chi connectivity index (χ3n) is 5.29. The summed E-state index contributed by atoms with van der Waals surface area (Å²) in [6, 6.07) is 0. The lowest BCUT2D eigenvalue weighted by Crippen LogP contribution is -2.25. The van der Waals surface area contributed by atoms with Crippen molar-refractivity contribution in [3.05, 3.63) is 34.4 Å². The van der Waals surface area contributed by atoms with Crippen molar-refractivity contribution >= 4 is 11.9 Å². The third kappa shape index (κ3) is 5.33. The summed E-state index contributed by atoms with van der Waals surface area (Å²) >= 11 is 0. The van der Waals surface area contributed by atoms with Gasteiger partial charge in [0.2, 0.25) is 0 Å². The van der Waals surface area contributed by atoms with E-state index in [9.17, 15) is 9.59 Å². The van der Waals surface area contributed by atoms with Crippen LogP contribution in [0.2, 0.25) is 0 Å². The number of esters is 2. The van der Waals surface area contributed by atoms with Crippen LogP contribution in [-0.4, -0.2) is 24.6 Å². The van der Waals surface area contributed by atoms with Crippen LogP contribution in [0, 0.1) is 11.8 Å². The molecule has 0 N–H and O–H groups in total. The van der Waals surface area contributed by atoms with Crippen molar-refractivity contribution in [1.29, 1.82) is 0 Å². The average Bonchev–Trinajstić information content (AvgIpc) is 2.88. The Morgan fingerprint density at radius 2 is 2.12 bits per heavy atom. The van der Waals surface area contributed by atoms with Crippen LogP contribution < -0.4 is 0 Å². The van der Waals surface area contributed by atoms with Crippen molar-refractivity contribution < 1.29 is 19.1 Å². The van der Waals surface area contributed by atoms with Crippen molar-refractivity contribution in [3.8, 4) is 0 Å². The Bertz CT molecular complexity index is 635. The van der Waals surface area contributed by atoms with Gasteiger partial charge in [0.25, 0.3) is 0 Å². The van der Waals surface area contributed by atoms with E-state index in [-0.39, 0.29) is 30.6 Å². The van der Waals surface area contributed by atoms with Crippen LogP contribution in [0.5, 0.6) is 0 Å². The molecule has 0 aromatic carbocycles. The molecule has 1 heterocycles. The molecule has 144 valence electrons. The predicted octanol–water partition coefficient (Wildman–Crippen LogP) is 4.90. The smallest absolute Gasteiger partial charge is 0.334 e. The van der Waals surface area contributed by atoms with Gasteiger partial charge in [-0.3, -0.25) is 4.79 Å². The lowest BCUT2D eigenvalue weighted by Gasteiger charge is -2.25. The molecule has 2 rings (SSSR count). The van der Waals surface area contributed by atoms with Gasteiger partial charge in [0.1, 0.15) is 12.7 Å². The molecule has 2 bridgehead atoms. The number of rotatable bonds is 6. The lowest BCUT2D eigenvalue weighted by molar-refractivity contribution is -0.141. The van der Waals surface area contributed by atoms with Gasteiger partial charge in [0.05, 0.1) is 0 Å². The van der Waals surface area contributed by atoms with Crippen LogP contribution in [-0.2, 0) is 19.1 Å². The number of ether oxygens (including phenoxy) is 2. The van der Waals surface area contributed by atoms with Crippen LogP contribution in [0.25, 0.3) is 0 Å². The second kappa shape index (κ2) is 9.20. The molecule has 0 aromatic rings. The van der Waals surface area contributed by atoms with Crippen molar-refractivity contribution in [3.63, 3.8) is 0 Å². The standard InChI is InChI=1S/C22H32O4/c1-14(2)8-6-10-16(4)20-19-12-15(3)9-7-11-18(13-25-17(5)23)21(20)22(24)26-19/h8-9,16,19-20H,6-7,10-13H2,1-5H3/b15-9+,21-18-/t16?,19-,20-/m1/s1. The van der Waals surface area contributed by atoms with Gasteiger partial charge in [-0.2, -0.15) is 0 Å². The Hall–Kier alpha value is -1.84. The van der Waals surface area contributed by atoms with Crippen molar-refractivity contribution in [2.45, 2.75) is 72.8 Å². The minimum atomic E-state index is -0.319. The summed E-state index contributed by atoms with van der Waals surface area (Å²) in [7, 11) is 0. The first-order chi connectivity index (χ1) is 12.3. The molecule has 0 amide bonds. The van der Waals surface area contributed by atoms with E-state index >= 15 is 0 Å². The van der Waals surface area contributed by atoms with Gasteiger partial charge in [-0.05, 0) is 57.9 Å². The van der Waals surface area contributed by atoms with Gasteiger partial charge in [0, 0.05) is 24.8 Å². The van der Waals surface area contributed by atoms with E-state index in [2.05, 4.69) is 39.8 Å². The number of carbonyl (C=O) groups excluding carboxylic acids is 2. The summed E-state index contributed by atoms with van der Waals surface area (Å²) in [5.74, 6) is -0.137. The maximum Gasteiger partial charge on any atom is 0.334 e. The normalized spacial score (nSPS) is 28.8. The molecular weight excluding hydrogens is 328 g/mol. The second-order valence-electron chi connectivity index (χ2n) is 7.90. The molecule has 1 unspecified atom stereocenters. The van der Waals surface area contributed by atoms with Gasteiger partial charge < -0.3 is 9.47 Å². The molecule has 4 nitrogen and oxygen atoms in total. The number of fused-ring (bicyclic) bond motifs is 2. The molecule has 2 aliphatic rings. The molecule has 1 saturated heterocycles. The fourth-order valence-corrected chi connectivity index (χ4v) is 3.98. The summed E-state index contributed by atoms with van der Waals surface area (Å²) in [6.45, 7) is 10.1. The molecular formula is C22H32O4. The highest BCUT2D eigenvalue weighted by Crippen LogP contribution is 2.42. The van der Waals surface area contributed by atoms with Crippen molar-refractivity contribution in [2.75, 3.05) is 6.61 Å². The van der Waals surface area contributed by atoms with Crippen LogP contribution in [0.4, 0.5) is 0 Å². The van der Waals surface area contributed by atoms with Gasteiger partial charge >= 0.3 is 11.9 Å². The zero-order valence-corrected chi connectivity index (χ0v) is 16.8. The molecule has 0 saturated carbocycles. The van der Waals surface area contributed by atoms with E-state index in [1.807, 2.05) is 0 Å². The maximum atomic E-state index is 12.7. The Morgan fingerprint density at radius 1 is 1.38 bits per heavy atom. The first-order valence-electron chi connectivity index (χ1n) is 9.64. The molecule has 1 aliphatic carbocycles. The molecule has 0 aromatic heterocycles. The quantitative estimate of drug-likeness (QED) is 0.499. The summed E-state index contributed by atoms with van der Waals surface area (Å²) in [6.07, 6.45) is 8.75. The van der Waals surface area contributed by atoms with Gasteiger partial charge in [-0.15, -0.1) is 0 Å². The van der Waals surface area contributed by atoms with E-state index in [1.54, 1.807) is 0 Å². The lowest BCUT2D eigenvalue weighted by atomic mass is 9.78. The first kappa shape index (κ1) is 20.5. The highest BCUT2D eigenvalue weighted by molar-refractivity contribution is 5.92. The molecule has 4 heteroatoms. The Morgan fingerprint density at radius 3 is 2.77 bits per heavy atom. The van der Waals surface area contributed by atoms with E-state index in [0.717, 1.165) is 43.3 Å². The van der Waals surface area contributed by atoms with Gasteiger partial charge in [0.15, 0.2) is 0 Å². The molecule has 1 fully saturated rings. The largest absolute Gasteiger partial charge is 0.461 e. The third-order valence-corrected chi connectivity index (χ3v) is 5.29. The van der Waals surface area contributed by atoms with Crippen LogP contribution in [0.15, 0.2) is 34.4 Å². The van der Waals surface area contributed by atoms with E-state index < -0.39 is 0 Å². The molecule has 1 aliphatic heterocycles. The highest BCUT2D eigenvalue weighted by Gasteiger charge is 2.44. The fraction of sp³-hybridized carbons (Fsp3) is 0.636. The Balaban J connectivity index is 2.33. The second-order valence-corrected chi connectivity index (χ2v) is 7.90. The highest BCUT2D eigenvalue weighted by atomic mass is 16.6. The first-order valence-corrected chi connectivity index (χ1v) is 9.64. The summed E-state index contributed by atoms with van der Waals surface area (Å²) in [4.78, 5) is 24.0. The van der Waals surface area contributed by atoms with E-state index in [0.29, 0.717) is 5.92 Å². The summed E-state index contributed by atoms with van der Waals surface area (Å²) in [5, 5.41) is 0. The van der Waals surface area contributed by atoms with Crippen LogP contribution >= 0.6 is 0 Å². The summed E-state index contributed by atoms with van der Waals surface area (Å²) in [5.41, 5.74) is 4.27. The van der Waals surface area contributed by atoms with Gasteiger partial charge in [-0.1, -0.05) is 30.2 Å². The number of allylic oxidation sites excluding steroid dienone is 3. The monoisotopic (exact) mass is 360 g/mol. The zero-order valence-electron chi connectivity index (χ0n) is 16.8. The maximum absolute atomic E-state index is 12.7. The average molecular weight is 360 g/mol. The zero-order chi connectivity index (χ0) is 19.3. The number of hydrogen-bond donors (Lipinski definition) is 0. The summed E-state index contributed by atoms with van der Waals surface area (Å²) < 4.78 is 11.0. The topological polar surface area (TPSA) is 52.6 Å². The van der Waals surface area contributed by atoms with Crippen molar-refractivity contribution in [2.24, 2.45) is 11.8 Å². The predicted molar refractivity (Wildman–Crippen MR) is 102 cm³/mol.